The van der Waals surface area contributed by atoms with Crippen LogP contribution in [-0.4, -0.2) is 35.8 Å². The number of amides is 3. The van der Waals surface area contributed by atoms with Gasteiger partial charge in [0.2, 0.25) is 5.91 Å². The minimum absolute atomic E-state index is 0.108. The van der Waals surface area contributed by atoms with Gasteiger partial charge in [0.25, 0.3) is 11.8 Å². The molecule has 1 heterocycles. The Labute approximate surface area is 162 Å². The van der Waals surface area contributed by atoms with Crippen LogP contribution in [0, 0.1) is 12.7 Å². The van der Waals surface area contributed by atoms with Crippen LogP contribution in [0.1, 0.15) is 51.7 Å². The third kappa shape index (κ3) is 3.35. The van der Waals surface area contributed by atoms with Crippen molar-refractivity contribution >= 4 is 17.7 Å². The van der Waals surface area contributed by atoms with E-state index >= 15 is 0 Å². The number of hydrogen-bond acceptors (Lipinski definition) is 4. The number of imide groups is 1. The molecule has 3 amide bonds. The summed E-state index contributed by atoms with van der Waals surface area (Å²) < 4.78 is 18.8. The predicted molar refractivity (Wildman–Crippen MR) is 101 cm³/mol. The Kier molecular flexibility index (Phi) is 5.18. The predicted octanol–water partition coefficient (Wildman–Crippen LogP) is 3.00. The Hall–Kier alpha value is -3.22. The average Bonchev–Trinajstić information content (AvgIpc) is 2.90. The second-order valence-electron chi connectivity index (χ2n) is 6.83. The van der Waals surface area contributed by atoms with E-state index < -0.39 is 35.6 Å². The van der Waals surface area contributed by atoms with Crippen molar-refractivity contribution in [3.8, 4) is 5.75 Å². The number of methoxy groups -OCH3 is 1. The van der Waals surface area contributed by atoms with Crippen LogP contribution >= 0.6 is 0 Å². The van der Waals surface area contributed by atoms with E-state index in [0.717, 1.165) is 10.5 Å². The number of carbonyl (C=O) groups is 3. The molecule has 0 aromatic heterocycles. The van der Waals surface area contributed by atoms with Gasteiger partial charge in [-0.2, -0.15) is 0 Å². The first kappa shape index (κ1) is 19.5. The number of hydrogen-bond donors (Lipinski definition) is 1. The molecule has 0 unspecified atom stereocenters. The fourth-order valence-electron chi connectivity index (χ4n) is 3.21. The van der Waals surface area contributed by atoms with Crippen molar-refractivity contribution in [3.63, 3.8) is 0 Å². The summed E-state index contributed by atoms with van der Waals surface area (Å²) in [6, 6.07) is 7.86. The number of halogens is 1. The van der Waals surface area contributed by atoms with Gasteiger partial charge in [-0.15, -0.1) is 0 Å². The lowest BCUT2D eigenvalue weighted by Gasteiger charge is -2.24. The fraction of sp³-hybridized carbons (Fsp3) is 0.286. The van der Waals surface area contributed by atoms with Crippen molar-refractivity contribution in [2.45, 2.75) is 32.9 Å². The maximum Gasteiger partial charge on any atom is 0.262 e. The van der Waals surface area contributed by atoms with Crippen LogP contribution in [-0.2, 0) is 4.79 Å². The molecule has 0 bridgehead atoms. The molecule has 1 N–H and O–H groups in total. The molecule has 1 aliphatic heterocycles. The first-order valence-electron chi connectivity index (χ1n) is 8.87. The van der Waals surface area contributed by atoms with Crippen LogP contribution in [0.2, 0.25) is 0 Å². The number of fused-ring (bicyclic) bond motifs is 1. The molecule has 0 aliphatic carbocycles. The highest BCUT2D eigenvalue weighted by atomic mass is 19.1. The Morgan fingerprint density at radius 2 is 1.75 bits per heavy atom. The molecule has 7 heteroatoms. The summed E-state index contributed by atoms with van der Waals surface area (Å²) >= 11 is 0. The summed E-state index contributed by atoms with van der Waals surface area (Å²) in [7, 11) is 1.37. The number of aryl methyl sites for hydroxylation is 1. The summed E-state index contributed by atoms with van der Waals surface area (Å²) in [5.74, 6) is -1.92. The highest BCUT2D eigenvalue weighted by Gasteiger charge is 2.41. The summed E-state index contributed by atoms with van der Waals surface area (Å²) in [5, 5.41) is 2.72. The van der Waals surface area contributed by atoms with E-state index in [0.29, 0.717) is 16.7 Å². The molecule has 0 spiro atoms. The van der Waals surface area contributed by atoms with Crippen LogP contribution in [0.5, 0.6) is 5.75 Å². The third-order valence-electron chi connectivity index (χ3n) is 4.87. The van der Waals surface area contributed by atoms with Crippen molar-refractivity contribution in [1.29, 1.82) is 0 Å². The molecule has 1 aliphatic rings. The van der Waals surface area contributed by atoms with Gasteiger partial charge in [-0.1, -0.05) is 17.7 Å². The highest BCUT2D eigenvalue weighted by molar-refractivity contribution is 6.22. The molecule has 0 saturated carbocycles. The van der Waals surface area contributed by atoms with Gasteiger partial charge in [-0.3, -0.25) is 19.3 Å². The average molecular weight is 384 g/mol. The highest BCUT2D eigenvalue weighted by Crippen LogP contribution is 2.26. The van der Waals surface area contributed by atoms with Crippen molar-refractivity contribution in [2.24, 2.45) is 0 Å². The van der Waals surface area contributed by atoms with Gasteiger partial charge >= 0.3 is 0 Å². The SMILES string of the molecule is COc1ccc([C@H](C)NC(=O)[C@@H](C)N2C(=O)c3ccc(C)cc3C2=O)cc1F. The largest absolute Gasteiger partial charge is 0.494 e. The molecule has 28 heavy (non-hydrogen) atoms. The molecule has 0 saturated heterocycles. The van der Waals surface area contributed by atoms with E-state index in [1.54, 1.807) is 31.2 Å². The number of nitrogens with zero attached hydrogens (tertiary/aromatic N) is 1. The van der Waals surface area contributed by atoms with E-state index in [4.69, 9.17) is 4.74 Å². The Balaban J connectivity index is 1.75. The van der Waals surface area contributed by atoms with Gasteiger partial charge in [-0.25, -0.2) is 4.39 Å². The lowest BCUT2D eigenvalue weighted by molar-refractivity contribution is -0.125. The lowest BCUT2D eigenvalue weighted by Crippen LogP contribution is -2.48. The zero-order valence-corrected chi connectivity index (χ0v) is 16.1. The Morgan fingerprint density at radius 3 is 2.39 bits per heavy atom. The van der Waals surface area contributed by atoms with E-state index in [-0.39, 0.29) is 5.75 Å². The smallest absolute Gasteiger partial charge is 0.262 e. The fourth-order valence-corrected chi connectivity index (χ4v) is 3.21. The minimum atomic E-state index is -1.00. The van der Waals surface area contributed by atoms with E-state index in [2.05, 4.69) is 5.32 Å². The van der Waals surface area contributed by atoms with Crippen LogP contribution in [0.25, 0.3) is 0 Å². The standard InChI is InChI=1S/C21H21FN2O4/c1-11-5-7-15-16(9-11)21(27)24(20(15)26)13(3)19(25)23-12(2)14-6-8-18(28-4)17(22)10-14/h5-10,12-13H,1-4H3,(H,23,25)/t12-,13+/m0/s1. The van der Waals surface area contributed by atoms with Crippen molar-refractivity contribution in [2.75, 3.05) is 7.11 Å². The third-order valence-corrected chi connectivity index (χ3v) is 4.87. The van der Waals surface area contributed by atoms with Crippen molar-refractivity contribution in [1.82, 2.24) is 10.2 Å². The number of benzene rings is 2. The van der Waals surface area contributed by atoms with Crippen LogP contribution in [0.3, 0.4) is 0 Å². The second kappa shape index (κ2) is 7.42. The Morgan fingerprint density at radius 1 is 1.07 bits per heavy atom. The molecule has 0 radical (unpaired) electrons. The molecule has 6 nitrogen and oxygen atoms in total. The van der Waals surface area contributed by atoms with Crippen LogP contribution in [0.15, 0.2) is 36.4 Å². The monoisotopic (exact) mass is 384 g/mol. The summed E-state index contributed by atoms with van der Waals surface area (Å²) in [5.41, 5.74) is 1.99. The normalized spacial score (nSPS) is 15.2. The summed E-state index contributed by atoms with van der Waals surface area (Å²) in [6.45, 7) is 5.01. The molecule has 0 fully saturated rings. The van der Waals surface area contributed by atoms with Gasteiger partial charge in [0.1, 0.15) is 6.04 Å². The molecule has 146 valence electrons. The maximum atomic E-state index is 13.9. The number of ether oxygens (including phenoxy) is 1. The van der Waals surface area contributed by atoms with E-state index in [1.165, 1.54) is 26.2 Å². The number of nitrogens with one attached hydrogen (secondary N) is 1. The van der Waals surface area contributed by atoms with Gasteiger partial charge in [0.15, 0.2) is 11.6 Å². The van der Waals surface area contributed by atoms with Crippen molar-refractivity contribution in [3.05, 3.63) is 64.5 Å². The zero-order valence-electron chi connectivity index (χ0n) is 16.1. The van der Waals surface area contributed by atoms with Crippen LogP contribution in [0.4, 0.5) is 4.39 Å². The maximum absolute atomic E-state index is 13.9. The van der Waals surface area contributed by atoms with E-state index in [9.17, 15) is 18.8 Å². The molecule has 3 rings (SSSR count). The topological polar surface area (TPSA) is 75.7 Å². The first-order chi connectivity index (χ1) is 13.2. The second-order valence-corrected chi connectivity index (χ2v) is 6.83. The quantitative estimate of drug-likeness (QED) is 0.804. The minimum Gasteiger partial charge on any atom is -0.494 e. The van der Waals surface area contributed by atoms with Crippen LogP contribution < -0.4 is 10.1 Å². The van der Waals surface area contributed by atoms with Crippen molar-refractivity contribution < 1.29 is 23.5 Å². The van der Waals surface area contributed by atoms with Gasteiger partial charge < -0.3 is 10.1 Å². The number of rotatable bonds is 5. The lowest BCUT2D eigenvalue weighted by atomic mass is 10.1. The molecular weight excluding hydrogens is 363 g/mol. The first-order valence-corrected chi connectivity index (χ1v) is 8.87. The summed E-state index contributed by atoms with van der Waals surface area (Å²) in [6.07, 6.45) is 0. The summed E-state index contributed by atoms with van der Waals surface area (Å²) in [4.78, 5) is 38.8. The zero-order chi connectivity index (χ0) is 20.6. The van der Waals surface area contributed by atoms with Gasteiger partial charge in [-0.05, 0) is 50.6 Å². The molecule has 2 aromatic carbocycles. The molecular formula is C21H21FN2O4. The van der Waals surface area contributed by atoms with E-state index in [1.807, 2.05) is 6.92 Å². The Bertz CT molecular complexity index is 973. The van der Waals surface area contributed by atoms with Gasteiger partial charge in [0, 0.05) is 0 Å². The number of carbonyl (C=O) groups excluding carboxylic acids is 3. The molecule has 2 aromatic rings. The molecule has 2 atom stereocenters. The van der Waals surface area contributed by atoms with Gasteiger partial charge in [0.05, 0.1) is 24.3 Å².